The quantitative estimate of drug-likeness (QED) is 0.269. The Balaban J connectivity index is 0.00000253. The van der Waals surface area contributed by atoms with Crippen LogP contribution >= 0.6 is 0 Å². The van der Waals surface area contributed by atoms with Gasteiger partial charge in [0.25, 0.3) is 0 Å². The molecular weight excluding hydrogens is 611 g/mol. The summed E-state index contributed by atoms with van der Waals surface area (Å²) in [6.45, 7) is 2.07. The third-order valence-corrected chi connectivity index (χ3v) is 5.92. The Hall–Kier alpha value is -3.88. The van der Waals surface area contributed by atoms with Crippen LogP contribution in [0, 0.1) is 13.0 Å². The van der Waals surface area contributed by atoms with Gasteiger partial charge < -0.3 is 4.98 Å². The molecule has 0 saturated carbocycles. The van der Waals surface area contributed by atoms with Crippen molar-refractivity contribution in [2.45, 2.75) is 6.92 Å². The maximum atomic E-state index is 4.95. The van der Waals surface area contributed by atoms with Gasteiger partial charge in [0, 0.05) is 11.9 Å². The number of aryl methyl sites for hydroxylation is 1. The molecule has 6 aromatic rings. The molecule has 0 aliphatic rings. The van der Waals surface area contributed by atoms with E-state index in [-0.39, 0.29) is 21.1 Å². The van der Waals surface area contributed by atoms with Crippen LogP contribution in [0.25, 0.3) is 45.1 Å². The van der Waals surface area contributed by atoms with E-state index in [4.69, 9.17) is 4.98 Å². The van der Waals surface area contributed by atoms with Crippen LogP contribution in [0.3, 0.4) is 0 Å². The van der Waals surface area contributed by atoms with Crippen molar-refractivity contribution in [1.82, 2.24) is 19.9 Å². The standard InChI is InChI=1S/C30H20N4.Pt/c1-20-8-6-14-26-29(20)32-19-33-30(26)22-10-7-9-21(16-22)17-27-24-12-2-3-13-25(24)28(34-27)18-23-11-4-5-15-31-23;/h2-15,17-19H,1H3;/q-2;+2/b27-17-,28-18-;. The van der Waals surface area contributed by atoms with E-state index in [1.807, 2.05) is 60.7 Å². The van der Waals surface area contributed by atoms with E-state index in [0.29, 0.717) is 0 Å². The molecular formula is C30H20N4Pt. The first-order valence-electron chi connectivity index (χ1n) is 11.2. The number of hydrogen-bond donors (Lipinski definition) is 0. The first kappa shape index (κ1) is 22.9. The van der Waals surface area contributed by atoms with Gasteiger partial charge in [0.1, 0.15) is 6.33 Å². The Morgan fingerprint density at radius 3 is 2.26 bits per heavy atom. The van der Waals surface area contributed by atoms with Gasteiger partial charge in [0.05, 0.1) is 11.2 Å². The first-order chi connectivity index (χ1) is 16.8. The molecule has 0 radical (unpaired) electrons. The zero-order valence-electron chi connectivity index (χ0n) is 18.9. The third kappa shape index (κ3) is 4.45. The molecule has 6 rings (SSSR count). The summed E-state index contributed by atoms with van der Waals surface area (Å²) >= 11 is 0. The summed E-state index contributed by atoms with van der Waals surface area (Å²) in [5.74, 6) is 0. The van der Waals surface area contributed by atoms with E-state index < -0.39 is 0 Å². The molecule has 0 bridgehead atoms. The maximum Gasteiger partial charge on any atom is 2.00 e. The van der Waals surface area contributed by atoms with Crippen molar-refractivity contribution in [2.75, 3.05) is 0 Å². The van der Waals surface area contributed by atoms with Crippen molar-refractivity contribution >= 4 is 33.8 Å². The Bertz CT molecular complexity index is 1770. The van der Waals surface area contributed by atoms with E-state index in [0.717, 1.165) is 60.5 Å². The predicted molar refractivity (Wildman–Crippen MR) is 136 cm³/mol. The second-order valence-corrected chi connectivity index (χ2v) is 8.18. The summed E-state index contributed by atoms with van der Waals surface area (Å²) in [6, 6.07) is 30.0. The molecule has 3 aromatic carbocycles. The molecule has 0 aliphatic carbocycles. The predicted octanol–water partition coefficient (Wildman–Crippen LogP) is 4.57. The zero-order chi connectivity index (χ0) is 22.9. The van der Waals surface area contributed by atoms with Gasteiger partial charge in [-0.3, -0.25) is 9.97 Å². The van der Waals surface area contributed by atoms with Gasteiger partial charge in [-0.15, -0.1) is 41.3 Å². The van der Waals surface area contributed by atoms with Crippen molar-refractivity contribution in [2.24, 2.45) is 0 Å². The van der Waals surface area contributed by atoms with Crippen molar-refractivity contribution in [3.05, 3.63) is 125 Å². The molecule has 0 N–H and O–H groups in total. The molecule has 0 fully saturated rings. The largest absolute Gasteiger partial charge is 2.00 e. The average molecular weight is 632 g/mol. The van der Waals surface area contributed by atoms with E-state index in [2.05, 4.69) is 58.3 Å². The van der Waals surface area contributed by atoms with Crippen LogP contribution in [-0.2, 0) is 21.1 Å². The maximum absolute atomic E-state index is 4.95. The number of benzene rings is 3. The SMILES string of the molecule is Cc1cccc2c(-c3[c-]c(/C=c4\[n-]/c(=C\c5ccccn5)c5ccccc45)ccc3)ncnc12.[Pt+2]. The third-order valence-electron chi connectivity index (χ3n) is 5.92. The Morgan fingerprint density at radius 2 is 1.46 bits per heavy atom. The normalized spacial score (nSPS) is 12.3. The minimum atomic E-state index is 0. The summed E-state index contributed by atoms with van der Waals surface area (Å²) in [7, 11) is 0. The number of hydrogen-bond acceptors (Lipinski definition) is 3. The zero-order valence-corrected chi connectivity index (χ0v) is 21.2. The average Bonchev–Trinajstić information content (AvgIpc) is 3.22. The molecule has 0 saturated heterocycles. The van der Waals surface area contributed by atoms with Gasteiger partial charge in [-0.25, -0.2) is 4.98 Å². The summed E-state index contributed by atoms with van der Waals surface area (Å²) < 4.78 is 0. The summed E-state index contributed by atoms with van der Waals surface area (Å²) in [6.07, 6.45) is 7.52. The minimum absolute atomic E-state index is 0. The smallest absolute Gasteiger partial charge is 0.663 e. The fourth-order valence-corrected chi connectivity index (χ4v) is 4.31. The molecule has 5 heteroatoms. The van der Waals surface area contributed by atoms with Crippen molar-refractivity contribution in [3.8, 4) is 11.3 Å². The number of rotatable bonds is 3. The number of aromatic nitrogens is 4. The first-order valence-corrected chi connectivity index (χ1v) is 11.2. The number of fused-ring (bicyclic) bond motifs is 2. The summed E-state index contributed by atoms with van der Waals surface area (Å²) in [5.41, 5.74) is 5.75. The van der Waals surface area contributed by atoms with Gasteiger partial charge in [-0.05, 0) is 40.8 Å². The van der Waals surface area contributed by atoms with Crippen LogP contribution in [0.5, 0.6) is 0 Å². The number of para-hydroxylation sites is 1. The molecule has 0 unspecified atom stereocenters. The summed E-state index contributed by atoms with van der Waals surface area (Å²) in [4.78, 5) is 18.4. The van der Waals surface area contributed by atoms with Gasteiger partial charge in [0.15, 0.2) is 0 Å². The molecule has 3 aromatic heterocycles. The Kier molecular flexibility index (Phi) is 6.39. The van der Waals surface area contributed by atoms with Crippen molar-refractivity contribution in [3.63, 3.8) is 0 Å². The Morgan fingerprint density at radius 1 is 0.714 bits per heavy atom. The van der Waals surface area contributed by atoms with Crippen molar-refractivity contribution < 1.29 is 21.1 Å². The molecule has 0 amide bonds. The molecule has 35 heavy (non-hydrogen) atoms. The van der Waals surface area contributed by atoms with Gasteiger partial charge >= 0.3 is 21.1 Å². The van der Waals surface area contributed by atoms with Crippen LogP contribution < -0.4 is 15.7 Å². The molecule has 4 nitrogen and oxygen atoms in total. The second-order valence-electron chi connectivity index (χ2n) is 8.18. The van der Waals surface area contributed by atoms with Crippen LogP contribution in [-0.4, -0.2) is 15.0 Å². The van der Waals surface area contributed by atoms with Crippen LogP contribution in [0.15, 0.2) is 91.4 Å². The van der Waals surface area contributed by atoms with E-state index in [1.54, 1.807) is 12.5 Å². The molecule has 170 valence electrons. The van der Waals surface area contributed by atoms with Gasteiger partial charge in [-0.2, -0.15) is 5.35 Å². The molecule has 0 aliphatic heterocycles. The van der Waals surface area contributed by atoms with E-state index in [9.17, 15) is 0 Å². The Labute approximate surface area is 217 Å². The fourth-order valence-electron chi connectivity index (χ4n) is 4.31. The second kappa shape index (κ2) is 9.77. The van der Waals surface area contributed by atoms with E-state index >= 15 is 0 Å². The monoisotopic (exact) mass is 631 g/mol. The number of nitrogens with zero attached hydrogens (tertiary/aromatic N) is 4. The molecule has 0 atom stereocenters. The van der Waals surface area contributed by atoms with Crippen molar-refractivity contribution in [1.29, 1.82) is 0 Å². The van der Waals surface area contributed by atoms with Crippen LogP contribution in [0.2, 0.25) is 0 Å². The minimum Gasteiger partial charge on any atom is -0.663 e. The van der Waals surface area contributed by atoms with Gasteiger partial charge in [-0.1, -0.05) is 60.2 Å². The van der Waals surface area contributed by atoms with E-state index in [1.165, 1.54) is 0 Å². The molecule has 3 heterocycles. The fraction of sp³-hybridized carbons (Fsp3) is 0.0333. The number of pyridine rings is 1. The molecule has 0 spiro atoms. The van der Waals surface area contributed by atoms with Crippen LogP contribution in [0.1, 0.15) is 16.8 Å². The summed E-state index contributed by atoms with van der Waals surface area (Å²) in [5, 5.41) is 5.06. The topological polar surface area (TPSA) is 52.8 Å². The van der Waals surface area contributed by atoms with Crippen LogP contribution in [0.4, 0.5) is 0 Å². The van der Waals surface area contributed by atoms with Gasteiger partial charge in [0.2, 0.25) is 0 Å².